The maximum atomic E-state index is 12.4. The number of nitrogens with one attached hydrogen (secondary N) is 1. The van der Waals surface area contributed by atoms with Gasteiger partial charge >= 0.3 is 5.97 Å². The summed E-state index contributed by atoms with van der Waals surface area (Å²) in [6, 6.07) is 10.1. The predicted molar refractivity (Wildman–Crippen MR) is 124 cm³/mol. The van der Waals surface area contributed by atoms with Gasteiger partial charge in [-0.15, -0.1) is 28.5 Å². The van der Waals surface area contributed by atoms with Gasteiger partial charge in [-0.05, 0) is 19.1 Å². The van der Waals surface area contributed by atoms with Crippen molar-refractivity contribution in [2.24, 2.45) is 0 Å². The lowest BCUT2D eigenvalue weighted by Crippen LogP contribution is -2.14. The van der Waals surface area contributed by atoms with Crippen LogP contribution < -0.4 is 5.32 Å². The Morgan fingerprint density at radius 2 is 2.03 bits per heavy atom. The van der Waals surface area contributed by atoms with Crippen molar-refractivity contribution in [3.63, 3.8) is 0 Å². The van der Waals surface area contributed by atoms with Crippen LogP contribution in [0.1, 0.15) is 21.2 Å². The Hall–Kier alpha value is -2.63. The number of rotatable bonds is 10. The summed E-state index contributed by atoms with van der Waals surface area (Å²) in [4.78, 5) is 29.8. The Morgan fingerprint density at radius 3 is 2.74 bits per heavy atom. The molecule has 8 nitrogen and oxygen atoms in total. The third kappa shape index (κ3) is 6.18. The van der Waals surface area contributed by atoms with E-state index in [0.29, 0.717) is 33.2 Å². The van der Waals surface area contributed by atoms with Crippen molar-refractivity contribution in [2.45, 2.75) is 29.3 Å². The van der Waals surface area contributed by atoms with E-state index in [1.807, 2.05) is 34.9 Å². The normalized spacial score (nSPS) is 10.6. The molecule has 0 aliphatic heterocycles. The minimum absolute atomic E-state index is 0.132. The third-order valence-corrected chi connectivity index (χ3v) is 6.99. The summed E-state index contributed by atoms with van der Waals surface area (Å²) in [6.45, 7) is 6.05. The smallest absolute Gasteiger partial charge is 0.350 e. The molecule has 31 heavy (non-hydrogen) atoms. The highest BCUT2D eigenvalue weighted by Crippen LogP contribution is 2.26. The molecule has 0 aliphatic rings. The molecule has 0 atom stereocenters. The second-order valence-corrected chi connectivity index (χ2v) is 9.15. The minimum Gasteiger partial charge on any atom is -0.465 e. The Morgan fingerprint density at radius 1 is 1.26 bits per heavy atom. The standard InChI is InChI=1S/C20H21N5O3S3/c1-4-10-25-15(11-29-14-8-6-5-7-9-14)23-24-20(25)30-12-16(26)22-19-21-13(2)17(31-19)18(27)28-3/h4-9H,1,10-12H2,2-3H3,(H,21,22,26). The minimum atomic E-state index is -0.469. The summed E-state index contributed by atoms with van der Waals surface area (Å²) in [5, 5.41) is 12.2. The van der Waals surface area contributed by atoms with Crippen LogP contribution in [0.25, 0.3) is 0 Å². The zero-order chi connectivity index (χ0) is 22.2. The first-order chi connectivity index (χ1) is 15.0. The molecule has 1 aromatic carbocycles. The van der Waals surface area contributed by atoms with Crippen molar-refractivity contribution >= 4 is 51.9 Å². The average molecular weight is 476 g/mol. The highest BCUT2D eigenvalue weighted by molar-refractivity contribution is 7.99. The maximum absolute atomic E-state index is 12.4. The van der Waals surface area contributed by atoms with Gasteiger partial charge in [-0.1, -0.05) is 47.4 Å². The van der Waals surface area contributed by atoms with Gasteiger partial charge in [0.1, 0.15) is 10.7 Å². The lowest BCUT2D eigenvalue weighted by Gasteiger charge is -2.07. The van der Waals surface area contributed by atoms with Crippen LogP contribution in [0, 0.1) is 6.92 Å². The van der Waals surface area contributed by atoms with Gasteiger partial charge in [0.2, 0.25) is 5.91 Å². The van der Waals surface area contributed by atoms with Crippen LogP contribution in [0.3, 0.4) is 0 Å². The number of aromatic nitrogens is 4. The number of allylic oxidation sites excluding steroid dienone is 1. The highest BCUT2D eigenvalue weighted by Gasteiger charge is 2.18. The number of ether oxygens (including phenoxy) is 1. The number of anilines is 1. The van der Waals surface area contributed by atoms with Gasteiger partial charge in [0, 0.05) is 11.4 Å². The number of thioether (sulfide) groups is 2. The van der Waals surface area contributed by atoms with Crippen molar-refractivity contribution in [1.82, 2.24) is 19.7 Å². The van der Waals surface area contributed by atoms with Crippen molar-refractivity contribution in [3.8, 4) is 0 Å². The van der Waals surface area contributed by atoms with Gasteiger partial charge < -0.3 is 14.6 Å². The second-order valence-electron chi connectivity index (χ2n) is 6.16. The fourth-order valence-electron chi connectivity index (χ4n) is 2.53. The van der Waals surface area contributed by atoms with E-state index in [0.717, 1.165) is 22.1 Å². The molecule has 0 saturated heterocycles. The number of amides is 1. The van der Waals surface area contributed by atoms with Gasteiger partial charge in [-0.2, -0.15) is 0 Å². The third-order valence-electron chi connectivity index (χ3n) is 3.96. The van der Waals surface area contributed by atoms with Crippen LogP contribution in [0.2, 0.25) is 0 Å². The van der Waals surface area contributed by atoms with E-state index in [1.54, 1.807) is 24.8 Å². The molecule has 0 unspecified atom stereocenters. The Labute approximate surface area is 192 Å². The molecule has 0 fully saturated rings. The van der Waals surface area contributed by atoms with E-state index in [4.69, 9.17) is 4.74 Å². The monoisotopic (exact) mass is 475 g/mol. The molecular weight excluding hydrogens is 454 g/mol. The molecule has 2 heterocycles. The van der Waals surface area contributed by atoms with Crippen LogP contribution in [-0.4, -0.2) is 44.5 Å². The number of methoxy groups -OCH3 is 1. The van der Waals surface area contributed by atoms with Crippen LogP contribution in [0.5, 0.6) is 0 Å². The topological polar surface area (TPSA) is 99.0 Å². The van der Waals surface area contributed by atoms with Gasteiger partial charge in [0.15, 0.2) is 10.3 Å². The largest absolute Gasteiger partial charge is 0.465 e. The first-order valence-electron chi connectivity index (χ1n) is 9.21. The Kier molecular flexibility index (Phi) is 8.27. The fraction of sp³-hybridized carbons (Fsp3) is 0.250. The lowest BCUT2D eigenvalue weighted by molar-refractivity contribution is -0.113. The van der Waals surface area contributed by atoms with Gasteiger partial charge in [-0.25, -0.2) is 9.78 Å². The summed E-state index contributed by atoms with van der Waals surface area (Å²) in [5.41, 5.74) is 0.520. The SMILES string of the molecule is C=CCn1c(CSc2ccccc2)nnc1SCC(=O)Nc1nc(C)c(C(=O)OC)s1. The lowest BCUT2D eigenvalue weighted by atomic mass is 10.4. The van der Waals surface area contributed by atoms with Gasteiger partial charge in [0.25, 0.3) is 0 Å². The highest BCUT2D eigenvalue weighted by atomic mass is 32.2. The zero-order valence-electron chi connectivity index (χ0n) is 17.0. The molecule has 0 bridgehead atoms. The molecule has 0 radical (unpaired) electrons. The van der Waals surface area contributed by atoms with Crippen LogP contribution in [-0.2, 0) is 21.8 Å². The van der Waals surface area contributed by atoms with Gasteiger partial charge in [-0.3, -0.25) is 4.79 Å². The number of carbonyl (C=O) groups excluding carboxylic acids is 2. The van der Waals surface area contributed by atoms with E-state index in [9.17, 15) is 9.59 Å². The average Bonchev–Trinajstić information content (AvgIpc) is 3.33. The maximum Gasteiger partial charge on any atom is 0.350 e. The molecule has 0 saturated carbocycles. The van der Waals surface area contributed by atoms with Crippen molar-refractivity contribution in [2.75, 3.05) is 18.2 Å². The Bertz CT molecular complexity index is 1070. The van der Waals surface area contributed by atoms with Crippen LogP contribution in [0.15, 0.2) is 53.0 Å². The zero-order valence-corrected chi connectivity index (χ0v) is 19.5. The number of hydrogen-bond acceptors (Lipinski definition) is 9. The number of carbonyl (C=O) groups is 2. The molecule has 1 N–H and O–H groups in total. The first-order valence-corrected chi connectivity index (χ1v) is 12.0. The molecule has 2 aromatic heterocycles. The fourth-order valence-corrected chi connectivity index (χ4v) is 5.05. The number of hydrogen-bond donors (Lipinski definition) is 1. The van der Waals surface area contributed by atoms with E-state index in [1.165, 1.54) is 18.9 Å². The van der Waals surface area contributed by atoms with E-state index in [2.05, 4.69) is 27.1 Å². The van der Waals surface area contributed by atoms with E-state index in [-0.39, 0.29) is 11.7 Å². The van der Waals surface area contributed by atoms with Gasteiger partial charge in [0.05, 0.1) is 24.3 Å². The van der Waals surface area contributed by atoms with Crippen molar-refractivity contribution in [3.05, 3.63) is 59.4 Å². The van der Waals surface area contributed by atoms with Crippen LogP contribution >= 0.6 is 34.9 Å². The molecule has 3 aromatic rings. The van der Waals surface area contributed by atoms with Crippen molar-refractivity contribution < 1.29 is 14.3 Å². The van der Waals surface area contributed by atoms with E-state index >= 15 is 0 Å². The molecular formula is C20H21N5O3S3. The summed E-state index contributed by atoms with van der Waals surface area (Å²) >= 11 is 4.04. The molecule has 11 heteroatoms. The number of nitrogens with zero attached hydrogens (tertiary/aromatic N) is 4. The first kappa shape index (κ1) is 23.0. The predicted octanol–water partition coefficient (Wildman–Crippen LogP) is 4.04. The molecule has 162 valence electrons. The molecule has 3 rings (SSSR count). The summed E-state index contributed by atoms with van der Waals surface area (Å²) < 4.78 is 6.66. The summed E-state index contributed by atoms with van der Waals surface area (Å²) in [5.74, 6) is 0.890. The molecule has 1 amide bonds. The van der Waals surface area contributed by atoms with E-state index < -0.39 is 5.97 Å². The van der Waals surface area contributed by atoms with Crippen LogP contribution in [0.4, 0.5) is 5.13 Å². The second kappa shape index (κ2) is 11.1. The number of benzene rings is 1. The quantitative estimate of drug-likeness (QED) is 0.266. The molecule has 0 aliphatic carbocycles. The summed E-state index contributed by atoms with van der Waals surface area (Å²) in [7, 11) is 1.31. The number of thiazole rings is 1. The number of aryl methyl sites for hydroxylation is 1. The molecule has 0 spiro atoms. The number of esters is 1. The Balaban J connectivity index is 1.60. The summed E-state index contributed by atoms with van der Waals surface area (Å²) in [6.07, 6.45) is 1.77. The van der Waals surface area contributed by atoms with Crippen molar-refractivity contribution in [1.29, 1.82) is 0 Å².